The highest BCUT2D eigenvalue weighted by atomic mass is 79.9. The SMILES string of the molecule is Cc1cc(Br)ccc1N1C(=O)C(=Cc2ccc(OCC(N)=O)c(Cl)c2)C(=O)NC1=S. The maximum Gasteiger partial charge on any atom is 0.270 e. The summed E-state index contributed by atoms with van der Waals surface area (Å²) in [5.74, 6) is -1.55. The van der Waals surface area contributed by atoms with Crippen LogP contribution in [0.1, 0.15) is 11.1 Å². The van der Waals surface area contributed by atoms with E-state index in [-0.39, 0.29) is 28.1 Å². The third-order valence-corrected chi connectivity index (χ3v) is 5.21. The minimum atomic E-state index is -0.638. The average molecular weight is 509 g/mol. The molecule has 1 aliphatic heterocycles. The Morgan fingerprint density at radius 1 is 1.30 bits per heavy atom. The van der Waals surface area contributed by atoms with Gasteiger partial charge < -0.3 is 10.5 Å². The van der Waals surface area contributed by atoms with Gasteiger partial charge in [-0.15, -0.1) is 0 Å². The molecule has 1 aliphatic rings. The normalized spacial score (nSPS) is 15.4. The lowest BCUT2D eigenvalue weighted by Gasteiger charge is -2.30. The van der Waals surface area contributed by atoms with Crippen molar-refractivity contribution >= 4 is 74.3 Å². The Bertz CT molecular complexity index is 1120. The lowest BCUT2D eigenvalue weighted by Crippen LogP contribution is -2.54. The molecular weight excluding hydrogens is 494 g/mol. The number of benzene rings is 2. The number of carbonyl (C=O) groups excluding carboxylic acids is 3. The number of hydrogen-bond donors (Lipinski definition) is 2. The molecule has 0 saturated carbocycles. The van der Waals surface area contributed by atoms with E-state index in [0.29, 0.717) is 11.3 Å². The van der Waals surface area contributed by atoms with Gasteiger partial charge >= 0.3 is 0 Å². The van der Waals surface area contributed by atoms with Crippen molar-refractivity contribution in [1.82, 2.24) is 5.32 Å². The molecule has 2 aromatic rings. The molecule has 2 aromatic carbocycles. The molecule has 0 radical (unpaired) electrons. The summed E-state index contributed by atoms with van der Waals surface area (Å²) in [6.45, 7) is 1.51. The average Bonchev–Trinajstić information content (AvgIpc) is 2.66. The lowest BCUT2D eigenvalue weighted by atomic mass is 10.1. The molecule has 1 fully saturated rings. The second kappa shape index (κ2) is 8.95. The van der Waals surface area contributed by atoms with Crippen LogP contribution in [0.3, 0.4) is 0 Å². The first-order valence-electron chi connectivity index (χ1n) is 8.55. The summed E-state index contributed by atoms with van der Waals surface area (Å²) in [4.78, 5) is 37.7. The third kappa shape index (κ3) is 4.69. The van der Waals surface area contributed by atoms with E-state index in [1.54, 1.807) is 18.2 Å². The van der Waals surface area contributed by atoms with Gasteiger partial charge in [0.25, 0.3) is 17.7 Å². The molecule has 3 amide bonds. The first-order chi connectivity index (χ1) is 14.2. The van der Waals surface area contributed by atoms with E-state index in [1.165, 1.54) is 23.1 Å². The summed E-state index contributed by atoms with van der Waals surface area (Å²) < 4.78 is 6.05. The highest BCUT2D eigenvalue weighted by Gasteiger charge is 2.35. The molecule has 154 valence electrons. The van der Waals surface area contributed by atoms with E-state index < -0.39 is 17.7 Å². The predicted octanol–water partition coefficient (Wildman–Crippen LogP) is 3.11. The van der Waals surface area contributed by atoms with Crippen LogP contribution in [-0.2, 0) is 14.4 Å². The monoisotopic (exact) mass is 507 g/mol. The van der Waals surface area contributed by atoms with Crippen LogP contribution in [0.5, 0.6) is 5.75 Å². The number of hydrogen-bond acceptors (Lipinski definition) is 5. The van der Waals surface area contributed by atoms with Gasteiger partial charge in [0.05, 0.1) is 10.7 Å². The van der Waals surface area contributed by atoms with Crippen LogP contribution in [0.4, 0.5) is 5.69 Å². The van der Waals surface area contributed by atoms with Crippen LogP contribution >= 0.6 is 39.7 Å². The van der Waals surface area contributed by atoms with Gasteiger partial charge in [0.2, 0.25) is 0 Å². The van der Waals surface area contributed by atoms with Crippen LogP contribution in [-0.4, -0.2) is 29.4 Å². The molecule has 3 N–H and O–H groups in total. The summed E-state index contributed by atoms with van der Waals surface area (Å²) in [6.07, 6.45) is 1.41. The molecule has 30 heavy (non-hydrogen) atoms. The van der Waals surface area contributed by atoms with Crippen LogP contribution in [0, 0.1) is 6.92 Å². The third-order valence-electron chi connectivity index (χ3n) is 4.14. The van der Waals surface area contributed by atoms with Crippen molar-refractivity contribution in [1.29, 1.82) is 0 Å². The summed E-state index contributed by atoms with van der Waals surface area (Å²) >= 11 is 14.8. The zero-order valence-electron chi connectivity index (χ0n) is 15.6. The maximum absolute atomic E-state index is 13.1. The largest absolute Gasteiger partial charge is 0.482 e. The summed E-state index contributed by atoms with van der Waals surface area (Å²) in [5.41, 5.74) is 6.80. The maximum atomic E-state index is 13.1. The second-order valence-electron chi connectivity index (χ2n) is 6.33. The van der Waals surface area contributed by atoms with Crippen molar-refractivity contribution < 1.29 is 19.1 Å². The van der Waals surface area contributed by atoms with Crippen molar-refractivity contribution in [2.24, 2.45) is 5.73 Å². The van der Waals surface area contributed by atoms with E-state index in [9.17, 15) is 14.4 Å². The van der Waals surface area contributed by atoms with Gasteiger partial charge in [-0.25, -0.2) is 0 Å². The number of nitrogens with two attached hydrogens (primary N) is 1. The molecule has 0 unspecified atom stereocenters. The van der Waals surface area contributed by atoms with Gasteiger partial charge in [-0.1, -0.05) is 33.6 Å². The van der Waals surface area contributed by atoms with Gasteiger partial charge in [-0.3, -0.25) is 24.6 Å². The number of amides is 3. The van der Waals surface area contributed by atoms with Gasteiger partial charge in [0.1, 0.15) is 11.3 Å². The molecule has 3 rings (SSSR count). The predicted molar refractivity (Wildman–Crippen MR) is 121 cm³/mol. The van der Waals surface area contributed by atoms with E-state index >= 15 is 0 Å². The molecule has 7 nitrogen and oxygen atoms in total. The van der Waals surface area contributed by atoms with Crippen molar-refractivity contribution in [2.45, 2.75) is 6.92 Å². The molecule has 0 bridgehead atoms. The Hall–Kier alpha value is -2.75. The summed E-state index contributed by atoms with van der Waals surface area (Å²) in [7, 11) is 0. The number of nitrogens with zero attached hydrogens (tertiary/aromatic N) is 1. The molecule has 0 atom stereocenters. The Morgan fingerprint density at radius 3 is 2.67 bits per heavy atom. The van der Waals surface area contributed by atoms with Crippen molar-refractivity contribution in [3.05, 3.63) is 62.6 Å². The van der Waals surface area contributed by atoms with Crippen molar-refractivity contribution in [2.75, 3.05) is 11.5 Å². The molecule has 10 heteroatoms. The first kappa shape index (κ1) is 21.9. The Balaban J connectivity index is 1.94. The lowest BCUT2D eigenvalue weighted by molar-refractivity contribution is -0.122. The molecule has 0 aliphatic carbocycles. The van der Waals surface area contributed by atoms with Crippen LogP contribution < -0.4 is 20.7 Å². The zero-order valence-corrected chi connectivity index (χ0v) is 18.7. The van der Waals surface area contributed by atoms with Gasteiger partial charge in [-0.05, 0) is 66.7 Å². The van der Waals surface area contributed by atoms with Gasteiger partial charge in [-0.2, -0.15) is 0 Å². The number of rotatable bonds is 5. The number of primary amides is 1. The number of ether oxygens (including phenoxy) is 1. The molecule has 1 heterocycles. The first-order valence-corrected chi connectivity index (χ1v) is 10.1. The van der Waals surface area contributed by atoms with Crippen LogP contribution in [0.2, 0.25) is 5.02 Å². The van der Waals surface area contributed by atoms with Crippen molar-refractivity contribution in [3.63, 3.8) is 0 Å². The summed E-state index contributed by atoms with van der Waals surface area (Å²) in [6, 6.07) is 9.98. The fraction of sp³-hybridized carbons (Fsp3) is 0.100. The van der Waals surface area contributed by atoms with E-state index in [2.05, 4.69) is 21.2 Å². The highest BCUT2D eigenvalue weighted by Crippen LogP contribution is 2.29. The van der Waals surface area contributed by atoms with Crippen LogP contribution in [0.25, 0.3) is 6.08 Å². The minimum absolute atomic E-state index is 0.000745. The number of thiocarbonyl (C=S) groups is 1. The topological polar surface area (TPSA) is 102 Å². The Morgan fingerprint density at radius 2 is 2.03 bits per heavy atom. The molecule has 1 saturated heterocycles. The van der Waals surface area contributed by atoms with Gasteiger partial charge in [0, 0.05) is 4.47 Å². The Kier molecular flexibility index (Phi) is 6.55. The Labute approximate surface area is 190 Å². The number of nitrogens with one attached hydrogen (secondary N) is 1. The summed E-state index contributed by atoms with van der Waals surface area (Å²) in [5, 5.41) is 2.74. The number of aryl methyl sites for hydroxylation is 1. The number of anilines is 1. The minimum Gasteiger partial charge on any atom is -0.482 e. The van der Waals surface area contributed by atoms with Gasteiger partial charge in [0.15, 0.2) is 11.7 Å². The van der Waals surface area contributed by atoms with Crippen molar-refractivity contribution in [3.8, 4) is 5.75 Å². The van der Waals surface area contributed by atoms with Crippen LogP contribution in [0.15, 0.2) is 46.4 Å². The fourth-order valence-electron chi connectivity index (χ4n) is 2.79. The molecular formula is C20H15BrClN3O4S. The fourth-order valence-corrected chi connectivity index (χ4v) is 3.78. The number of carbonyl (C=O) groups is 3. The zero-order chi connectivity index (χ0) is 22.0. The van der Waals surface area contributed by atoms with E-state index in [0.717, 1.165) is 10.0 Å². The second-order valence-corrected chi connectivity index (χ2v) is 8.04. The van der Waals surface area contributed by atoms with E-state index in [1.807, 2.05) is 13.0 Å². The molecule has 0 spiro atoms. The quantitative estimate of drug-likeness (QED) is 0.367. The molecule has 0 aromatic heterocycles. The standard InChI is InChI=1S/C20H15BrClN3O4S/c1-10-6-12(21)3-4-15(10)25-19(28)13(18(27)24-20(25)30)7-11-2-5-16(14(22)8-11)29-9-17(23)26/h2-8H,9H2,1H3,(H2,23,26)(H,24,27,30). The van der Waals surface area contributed by atoms with E-state index in [4.69, 9.17) is 34.3 Å². The number of halogens is 2. The highest BCUT2D eigenvalue weighted by molar-refractivity contribution is 9.10. The smallest absolute Gasteiger partial charge is 0.270 e.